The maximum Gasteiger partial charge on any atom is 0.342 e. The molecule has 0 spiro atoms. The van der Waals surface area contributed by atoms with E-state index in [4.69, 9.17) is 14.2 Å². The van der Waals surface area contributed by atoms with E-state index in [0.717, 1.165) is 22.3 Å². The molecule has 0 aromatic rings. The van der Waals surface area contributed by atoms with Crippen LogP contribution in [0.1, 0.15) is 88.0 Å². The SMILES string of the molecule is CC(=O)O[C@H]1CC(C)(C)C(=C=C/C(C)=C/C=C/C=C/C=C(C)/C=C2/C=C(C3C=C4C(C)(C)C[C@H](O)C[C@@]4(C)O3)C(=O)O2)[C@](C)(O)C1. The molecule has 4 rings (SSSR count). The minimum absolute atomic E-state index is 0.210. The van der Waals surface area contributed by atoms with E-state index in [0.29, 0.717) is 37.0 Å². The van der Waals surface area contributed by atoms with E-state index < -0.39 is 29.4 Å². The summed E-state index contributed by atoms with van der Waals surface area (Å²) in [4.78, 5) is 24.2. The molecule has 0 aromatic heterocycles. The van der Waals surface area contributed by atoms with Gasteiger partial charge in [-0.1, -0.05) is 64.2 Å². The number of hydrogen-bond acceptors (Lipinski definition) is 7. The van der Waals surface area contributed by atoms with E-state index >= 15 is 0 Å². The minimum atomic E-state index is -1.12. The molecular formula is C39H50O7. The summed E-state index contributed by atoms with van der Waals surface area (Å²) in [6, 6.07) is 0. The van der Waals surface area contributed by atoms with Crippen LogP contribution >= 0.6 is 0 Å². The van der Waals surface area contributed by atoms with Gasteiger partial charge in [-0.05, 0) is 92.4 Å². The number of fused-ring (bicyclic) bond motifs is 1. The highest BCUT2D eigenvalue weighted by molar-refractivity contribution is 5.94. The summed E-state index contributed by atoms with van der Waals surface area (Å²) in [6.07, 6.45) is 19.9. The van der Waals surface area contributed by atoms with Crippen molar-refractivity contribution in [3.05, 3.63) is 100 Å². The molecule has 5 atom stereocenters. The van der Waals surface area contributed by atoms with Gasteiger partial charge in [-0.2, -0.15) is 0 Å². The summed E-state index contributed by atoms with van der Waals surface area (Å²) in [5, 5.41) is 21.5. The van der Waals surface area contributed by atoms with Crippen LogP contribution in [0, 0.1) is 10.8 Å². The van der Waals surface area contributed by atoms with Crippen LogP contribution in [-0.4, -0.2) is 51.7 Å². The first kappa shape index (κ1) is 35.4. The minimum Gasteiger partial charge on any atom is -0.462 e. The molecule has 2 heterocycles. The second-order valence-corrected chi connectivity index (χ2v) is 14.9. The number of esters is 2. The molecule has 2 aliphatic heterocycles. The third-order valence-electron chi connectivity index (χ3n) is 9.20. The van der Waals surface area contributed by atoms with Gasteiger partial charge in [0.2, 0.25) is 0 Å². The lowest BCUT2D eigenvalue weighted by Gasteiger charge is -2.44. The first-order chi connectivity index (χ1) is 21.3. The first-order valence-corrected chi connectivity index (χ1v) is 16.1. The highest BCUT2D eigenvalue weighted by Gasteiger charge is 2.52. The second kappa shape index (κ2) is 13.3. The molecule has 0 radical (unpaired) electrons. The maximum atomic E-state index is 12.7. The summed E-state index contributed by atoms with van der Waals surface area (Å²) in [5.74, 6) is -0.270. The fourth-order valence-electron chi connectivity index (χ4n) is 7.59. The maximum absolute atomic E-state index is 12.7. The Balaban J connectivity index is 1.37. The van der Waals surface area contributed by atoms with Gasteiger partial charge in [-0.15, -0.1) is 5.73 Å². The summed E-state index contributed by atoms with van der Waals surface area (Å²) in [5.41, 5.74) is 5.32. The van der Waals surface area contributed by atoms with Gasteiger partial charge < -0.3 is 24.4 Å². The van der Waals surface area contributed by atoms with Crippen molar-refractivity contribution in [1.82, 2.24) is 0 Å². The Hall–Kier alpha value is -3.48. The lowest BCUT2D eigenvalue weighted by Crippen LogP contribution is -2.46. The van der Waals surface area contributed by atoms with Crippen LogP contribution in [0.2, 0.25) is 0 Å². The number of rotatable bonds is 7. The average molecular weight is 631 g/mol. The van der Waals surface area contributed by atoms with Crippen molar-refractivity contribution < 1.29 is 34.0 Å². The number of carbonyl (C=O) groups excluding carboxylic acids is 2. The molecule has 2 saturated carbocycles. The molecule has 4 aliphatic rings. The van der Waals surface area contributed by atoms with Crippen molar-refractivity contribution in [3.8, 4) is 0 Å². The Morgan fingerprint density at radius 1 is 0.935 bits per heavy atom. The van der Waals surface area contributed by atoms with E-state index in [1.165, 1.54) is 6.92 Å². The number of carbonyl (C=O) groups is 2. The average Bonchev–Trinajstić information content (AvgIpc) is 3.42. The largest absolute Gasteiger partial charge is 0.462 e. The molecule has 248 valence electrons. The zero-order valence-electron chi connectivity index (χ0n) is 28.8. The Morgan fingerprint density at radius 3 is 2.22 bits per heavy atom. The molecule has 0 bridgehead atoms. The molecule has 7 heteroatoms. The van der Waals surface area contributed by atoms with Crippen LogP contribution in [0.5, 0.6) is 0 Å². The quantitative estimate of drug-likeness (QED) is 0.133. The van der Waals surface area contributed by atoms with Crippen LogP contribution < -0.4 is 0 Å². The lowest BCUT2D eigenvalue weighted by atomic mass is 9.65. The van der Waals surface area contributed by atoms with Gasteiger partial charge in [0.1, 0.15) is 18.0 Å². The normalized spacial score (nSPS) is 33.5. The Bertz CT molecular complexity index is 1510. The second-order valence-electron chi connectivity index (χ2n) is 14.9. The predicted molar refractivity (Wildman–Crippen MR) is 179 cm³/mol. The Morgan fingerprint density at radius 2 is 1.59 bits per heavy atom. The van der Waals surface area contributed by atoms with E-state index in [2.05, 4.69) is 19.6 Å². The smallest absolute Gasteiger partial charge is 0.342 e. The fourth-order valence-corrected chi connectivity index (χ4v) is 7.59. The number of ether oxygens (including phenoxy) is 3. The van der Waals surface area contributed by atoms with E-state index in [9.17, 15) is 19.8 Å². The van der Waals surface area contributed by atoms with Gasteiger partial charge >= 0.3 is 11.9 Å². The monoisotopic (exact) mass is 630 g/mol. The number of allylic oxidation sites excluding steroid dienone is 10. The lowest BCUT2D eigenvalue weighted by molar-refractivity contribution is -0.152. The number of cyclic esters (lactones) is 1. The number of aliphatic hydroxyl groups excluding tert-OH is 1. The Labute approximate surface area is 274 Å². The van der Waals surface area contributed by atoms with Gasteiger partial charge in [0.15, 0.2) is 0 Å². The van der Waals surface area contributed by atoms with Crippen molar-refractivity contribution in [2.75, 3.05) is 0 Å². The van der Waals surface area contributed by atoms with Crippen molar-refractivity contribution in [2.24, 2.45) is 10.8 Å². The molecule has 0 aromatic carbocycles. The third kappa shape index (κ3) is 8.26. The van der Waals surface area contributed by atoms with Gasteiger partial charge in [0, 0.05) is 25.3 Å². The van der Waals surface area contributed by atoms with Crippen molar-refractivity contribution >= 4 is 11.9 Å². The molecule has 0 amide bonds. The molecule has 2 fully saturated rings. The molecule has 0 saturated heterocycles. The third-order valence-corrected chi connectivity index (χ3v) is 9.20. The van der Waals surface area contributed by atoms with Gasteiger partial charge in [-0.3, -0.25) is 4.79 Å². The summed E-state index contributed by atoms with van der Waals surface area (Å²) in [7, 11) is 0. The highest BCUT2D eigenvalue weighted by Crippen LogP contribution is 2.52. The zero-order chi connectivity index (χ0) is 34.1. The molecular weight excluding hydrogens is 580 g/mol. The Kier molecular flexibility index (Phi) is 10.2. The number of aliphatic hydroxyl groups is 2. The van der Waals surface area contributed by atoms with E-state index in [1.54, 1.807) is 13.0 Å². The number of hydrogen-bond donors (Lipinski definition) is 2. The van der Waals surface area contributed by atoms with Crippen molar-refractivity contribution in [1.29, 1.82) is 0 Å². The van der Waals surface area contributed by atoms with E-state index in [1.807, 2.05) is 89.3 Å². The summed E-state index contributed by atoms with van der Waals surface area (Å²) >= 11 is 0. The predicted octanol–water partition coefficient (Wildman–Crippen LogP) is 7.21. The fraction of sp³-hybridized carbons (Fsp3) is 0.513. The zero-order valence-corrected chi connectivity index (χ0v) is 28.8. The van der Waals surface area contributed by atoms with Gasteiger partial charge in [0.05, 0.1) is 22.9 Å². The summed E-state index contributed by atoms with van der Waals surface area (Å²) in [6.45, 7) is 17.3. The standard InChI is InChI=1S/C39H50O7/c1-25(16-17-33-37(6,7)23-30(44-27(3)40)24-38(33,8)43)14-12-10-11-13-15-26(2)18-29-19-31(35(42)45-29)32-20-34-36(4,5)21-28(41)22-39(34,9)46-32/h10-16,18-20,28,30,32,41,43H,21-24H2,1-9H3/b12-10+,13-11+,25-14+,26-15+,29-18-/t17?,28-,30-,32?,38+,39+/m0/s1. The van der Waals surface area contributed by atoms with Crippen LogP contribution in [0.25, 0.3) is 0 Å². The van der Waals surface area contributed by atoms with Crippen LogP contribution in [-0.2, 0) is 23.8 Å². The van der Waals surface area contributed by atoms with E-state index in [-0.39, 0.29) is 22.9 Å². The molecule has 2 N–H and O–H groups in total. The van der Waals surface area contributed by atoms with Crippen molar-refractivity contribution in [2.45, 2.75) is 118 Å². The van der Waals surface area contributed by atoms with Crippen LogP contribution in [0.3, 0.4) is 0 Å². The van der Waals surface area contributed by atoms with Gasteiger partial charge in [-0.25, -0.2) is 4.79 Å². The first-order valence-electron chi connectivity index (χ1n) is 16.1. The summed E-state index contributed by atoms with van der Waals surface area (Å²) < 4.78 is 17.3. The topological polar surface area (TPSA) is 102 Å². The van der Waals surface area contributed by atoms with Crippen LogP contribution in [0.15, 0.2) is 100 Å². The van der Waals surface area contributed by atoms with Crippen molar-refractivity contribution in [3.63, 3.8) is 0 Å². The molecule has 46 heavy (non-hydrogen) atoms. The molecule has 2 aliphatic carbocycles. The van der Waals surface area contributed by atoms with Crippen LogP contribution in [0.4, 0.5) is 0 Å². The van der Waals surface area contributed by atoms with Gasteiger partial charge in [0.25, 0.3) is 0 Å². The molecule has 7 nitrogen and oxygen atoms in total. The highest BCUT2D eigenvalue weighted by atomic mass is 16.6. The molecule has 1 unspecified atom stereocenters.